The zero-order valence-electron chi connectivity index (χ0n) is 16.2. The van der Waals surface area contributed by atoms with E-state index in [2.05, 4.69) is 34.7 Å². The molecule has 6 nitrogen and oxygen atoms in total. The van der Waals surface area contributed by atoms with Crippen LogP contribution in [0.2, 0.25) is 0 Å². The molecular formula is C20H26N4O2S. The van der Waals surface area contributed by atoms with Gasteiger partial charge in [-0.3, -0.25) is 20.4 Å². The fraction of sp³-hybridized carbons (Fsp3) is 0.400. The highest BCUT2D eigenvalue weighted by molar-refractivity contribution is 7.98. The van der Waals surface area contributed by atoms with Crippen LogP contribution in [-0.4, -0.2) is 21.8 Å². The lowest BCUT2D eigenvalue weighted by atomic mass is 10.1. The minimum Gasteiger partial charge on any atom is -0.273 e. The van der Waals surface area contributed by atoms with Gasteiger partial charge in [-0.15, -0.1) is 0 Å². The minimum absolute atomic E-state index is 0.182. The Morgan fingerprint density at radius 1 is 1.04 bits per heavy atom. The summed E-state index contributed by atoms with van der Waals surface area (Å²) in [6, 6.07) is 9.22. The number of carbonyl (C=O) groups excluding carboxylic acids is 2. The summed E-state index contributed by atoms with van der Waals surface area (Å²) in [4.78, 5) is 32.6. The first-order chi connectivity index (χ1) is 12.8. The molecule has 1 aromatic heterocycles. The first-order valence-corrected chi connectivity index (χ1v) is 9.95. The number of aromatic nitrogens is 2. The fourth-order valence-corrected chi connectivity index (χ4v) is 3.24. The molecule has 0 aliphatic heterocycles. The summed E-state index contributed by atoms with van der Waals surface area (Å²) in [7, 11) is 0. The number of nitrogens with zero attached hydrogens (tertiary/aromatic N) is 2. The van der Waals surface area contributed by atoms with Gasteiger partial charge in [-0.05, 0) is 49.9 Å². The van der Waals surface area contributed by atoms with Crippen molar-refractivity contribution in [1.29, 1.82) is 0 Å². The topological polar surface area (TPSA) is 84.0 Å². The molecule has 7 heteroatoms. The smallest absolute Gasteiger partial charge is 0.269 e. The Labute approximate surface area is 164 Å². The highest BCUT2D eigenvalue weighted by atomic mass is 32.2. The highest BCUT2D eigenvalue weighted by Gasteiger charge is 2.08. The van der Waals surface area contributed by atoms with Gasteiger partial charge in [0.05, 0.1) is 0 Å². The van der Waals surface area contributed by atoms with Crippen LogP contribution >= 0.6 is 11.8 Å². The van der Waals surface area contributed by atoms with Gasteiger partial charge < -0.3 is 0 Å². The summed E-state index contributed by atoms with van der Waals surface area (Å²) < 4.78 is 0. The first-order valence-electron chi connectivity index (χ1n) is 8.96. The van der Waals surface area contributed by atoms with Gasteiger partial charge in [0.1, 0.15) is 0 Å². The van der Waals surface area contributed by atoms with Crippen molar-refractivity contribution in [3.8, 4) is 0 Å². The SMILES string of the molecule is Cc1cc(C)nc(SCc2ccc(C(=O)NNC(=O)CCC(C)C)cc2)n1. The summed E-state index contributed by atoms with van der Waals surface area (Å²) in [5.74, 6) is 0.658. The van der Waals surface area contributed by atoms with E-state index < -0.39 is 0 Å². The second-order valence-corrected chi connectivity index (χ2v) is 7.80. The zero-order valence-corrected chi connectivity index (χ0v) is 17.0. The fourth-order valence-electron chi connectivity index (χ4n) is 2.34. The molecule has 1 aromatic carbocycles. The molecule has 27 heavy (non-hydrogen) atoms. The van der Waals surface area contributed by atoms with Crippen LogP contribution in [0.5, 0.6) is 0 Å². The molecule has 1 heterocycles. The van der Waals surface area contributed by atoms with E-state index in [1.54, 1.807) is 23.9 Å². The Balaban J connectivity index is 1.83. The van der Waals surface area contributed by atoms with Gasteiger partial charge in [0.2, 0.25) is 5.91 Å². The molecule has 0 saturated heterocycles. The molecule has 2 rings (SSSR count). The van der Waals surface area contributed by atoms with Gasteiger partial charge in [0.25, 0.3) is 5.91 Å². The van der Waals surface area contributed by atoms with Crippen molar-refractivity contribution < 1.29 is 9.59 Å². The predicted octanol–water partition coefficient (Wildman–Crippen LogP) is 3.58. The third kappa shape index (κ3) is 7.38. The number of amides is 2. The van der Waals surface area contributed by atoms with E-state index in [1.165, 1.54) is 0 Å². The van der Waals surface area contributed by atoms with Crippen molar-refractivity contribution in [2.24, 2.45) is 5.92 Å². The quantitative estimate of drug-likeness (QED) is 0.432. The molecule has 0 bridgehead atoms. The van der Waals surface area contributed by atoms with E-state index in [1.807, 2.05) is 32.0 Å². The van der Waals surface area contributed by atoms with Gasteiger partial charge >= 0.3 is 0 Å². The second-order valence-electron chi connectivity index (χ2n) is 6.85. The molecule has 0 atom stereocenters. The Hall–Kier alpha value is -2.41. The summed E-state index contributed by atoms with van der Waals surface area (Å²) in [5, 5.41) is 0.749. The number of hydrogen-bond acceptors (Lipinski definition) is 5. The molecule has 144 valence electrons. The molecule has 0 saturated carbocycles. The first kappa shape index (κ1) is 20.9. The molecule has 2 amide bonds. The van der Waals surface area contributed by atoms with E-state index in [-0.39, 0.29) is 11.8 Å². The number of thioether (sulfide) groups is 1. The molecule has 0 radical (unpaired) electrons. The number of carbonyl (C=O) groups is 2. The number of benzene rings is 1. The number of rotatable bonds is 7. The molecule has 0 spiro atoms. The van der Waals surface area contributed by atoms with Gasteiger partial charge in [0, 0.05) is 29.1 Å². The van der Waals surface area contributed by atoms with E-state index in [0.29, 0.717) is 17.9 Å². The molecule has 0 fully saturated rings. The Morgan fingerprint density at radius 2 is 1.67 bits per heavy atom. The molecular weight excluding hydrogens is 360 g/mol. The van der Waals surface area contributed by atoms with Crippen LogP contribution in [0.25, 0.3) is 0 Å². The Kier molecular flexibility index (Phi) is 7.79. The standard InChI is InChI=1S/C20H26N4O2S/c1-13(2)5-10-18(25)23-24-19(26)17-8-6-16(7-9-17)12-27-20-21-14(3)11-15(4)22-20/h6-9,11,13H,5,10,12H2,1-4H3,(H,23,25)(H,24,26). The zero-order chi connectivity index (χ0) is 19.8. The monoisotopic (exact) mass is 386 g/mol. The number of hydrazine groups is 1. The lowest BCUT2D eigenvalue weighted by molar-refractivity contribution is -0.122. The highest BCUT2D eigenvalue weighted by Crippen LogP contribution is 2.20. The van der Waals surface area contributed by atoms with E-state index in [4.69, 9.17) is 0 Å². The van der Waals surface area contributed by atoms with Crippen LogP contribution in [0, 0.1) is 19.8 Å². The largest absolute Gasteiger partial charge is 0.273 e. The third-order valence-electron chi connectivity index (χ3n) is 3.81. The van der Waals surface area contributed by atoms with Crippen LogP contribution in [-0.2, 0) is 10.5 Å². The molecule has 0 aliphatic rings. The van der Waals surface area contributed by atoms with Gasteiger partial charge in [-0.2, -0.15) is 0 Å². The van der Waals surface area contributed by atoms with Crippen LogP contribution in [0.3, 0.4) is 0 Å². The maximum atomic E-state index is 12.1. The lowest BCUT2D eigenvalue weighted by Gasteiger charge is -2.09. The van der Waals surface area contributed by atoms with Crippen LogP contribution < -0.4 is 10.9 Å². The summed E-state index contributed by atoms with van der Waals surface area (Å²) in [6.07, 6.45) is 1.19. The molecule has 0 aliphatic carbocycles. The average molecular weight is 387 g/mol. The predicted molar refractivity (Wildman–Crippen MR) is 107 cm³/mol. The van der Waals surface area contributed by atoms with Gasteiger partial charge in [-0.25, -0.2) is 9.97 Å². The lowest BCUT2D eigenvalue weighted by Crippen LogP contribution is -2.41. The van der Waals surface area contributed by atoms with Gasteiger partial charge in [0.15, 0.2) is 5.16 Å². The van der Waals surface area contributed by atoms with Crippen molar-refractivity contribution in [3.63, 3.8) is 0 Å². The molecule has 2 aromatic rings. The Morgan fingerprint density at radius 3 is 2.26 bits per heavy atom. The number of aryl methyl sites for hydroxylation is 2. The van der Waals surface area contributed by atoms with Crippen molar-refractivity contribution in [2.75, 3.05) is 0 Å². The average Bonchev–Trinajstić information content (AvgIpc) is 2.62. The summed E-state index contributed by atoms with van der Waals surface area (Å²) >= 11 is 1.56. The Bertz CT molecular complexity index is 771. The third-order valence-corrected chi connectivity index (χ3v) is 4.73. The summed E-state index contributed by atoms with van der Waals surface area (Å²) in [5.41, 5.74) is 8.37. The van der Waals surface area contributed by atoms with Crippen LogP contribution in [0.4, 0.5) is 0 Å². The maximum absolute atomic E-state index is 12.1. The molecule has 0 unspecified atom stereocenters. The van der Waals surface area contributed by atoms with Crippen molar-refractivity contribution >= 4 is 23.6 Å². The van der Waals surface area contributed by atoms with E-state index >= 15 is 0 Å². The summed E-state index contributed by atoms with van der Waals surface area (Å²) in [6.45, 7) is 8.01. The van der Waals surface area contributed by atoms with E-state index in [9.17, 15) is 9.59 Å². The second kappa shape index (κ2) is 10.1. The van der Waals surface area contributed by atoms with Gasteiger partial charge in [-0.1, -0.05) is 37.7 Å². The van der Waals surface area contributed by atoms with Crippen molar-refractivity contribution in [1.82, 2.24) is 20.8 Å². The van der Waals surface area contributed by atoms with Crippen LogP contribution in [0.1, 0.15) is 54.0 Å². The molecule has 2 N–H and O–H groups in total. The minimum atomic E-state index is -0.329. The van der Waals surface area contributed by atoms with E-state index in [0.717, 1.165) is 34.3 Å². The number of nitrogens with one attached hydrogen (secondary N) is 2. The van der Waals surface area contributed by atoms with Crippen LogP contribution in [0.15, 0.2) is 35.5 Å². The number of hydrogen-bond donors (Lipinski definition) is 2. The van der Waals surface area contributed by atoms with Crippen molar-refractivity contribution in [2.45, 2.75) is 51.4 Å². The normalized spacial score (nSPS) is 10.7. The maximum Gasteiger partial charge on any atom is 0.269 e. The van der Waals surface area contributed by atoms with Crippen molar-refractivity contribution in [3.05, 3.63) is 52.8 Å².